The van der Waals surface area contributed by atoms with Crippen LogP contribution in [-0.4, -0.2) is 64.4 Å². The molecule has 1 N–H and O–H groups in total. The highest BCUT2D eigenvalue weighted by molar-refractivity contribution is 5.77. The molecular formula is C19H22F4N2O5. The number of aliphatic carboxylic acids is 1. The standard InChI is InChI=1S/C17H21FN2O3.C2HF3O2/c18-12-2-1-7-19-17(12)23-16-13-5-6-14(16)22-9-8-20(13)15(21)10-11-3-4-11;3-2(4,5)1(6)7/h1-2,7,11,13-14,16H,3-6,8-10H2;(H,6,7). The third kappa shape index (κ3) is 5.59. The van der Waals surface area contributed by atoms with E-state index in [0.29, 0.717) is 25.5 Å². The third-order valence-electron chi connectivity index (χ3n) is 5.25. The van der Waals surface area contributed by atoms with Crippen molar-refractivity contribution >= 4 is 11.9 Å². The Morgan fingerprint density at radius 2 is 1.97 bits per heavy atom. The highest BCUT2D eigenvalue weighted by atomic mass is 19.4. The van der Waals surface area contributed by atoms with Crippen molar-refractivity contribution in [3.63, 3.8) is 0 Å². The molecule has 2 bridgehead atoms. The van der Waals surface area contributed by atoms with E-state index >= 15 is 0 Å². The van der Waals surface area contributed by atoms with Crippen LogP contribution in [0.2, 0.25) is 0 Å². The van der Waals surface area contributed by atoms with E-state index in [-0.39, 0.29) is 30.0 Å². The molecule has 0 radical (unpaired) electrons. The first kappa shape index (κ1) is 22.3. The van der Waals surface area contributed by atoms with Crippen molar-refractivity contribution in [1.29, 1.82) is 0 Å². The van der Waals surface area contributed by atoms with Crippen LogP contribution in [0, 0.1) is 11.7 Å². The zero-order chi connectivity index (χ0) is 21.9. The van der Waals surface area contributed by atoms with Gasteiger partial charge in [0, 0.05) is 19.2 Å². The molecule has 0 aromatic carbocycles. The first-order valence-electron chi connectivity index (χ1n) is 9.65. The maximum atomic E-state index is 13.8. The zero-order valence-electron chi connectivity index (χ0n) is 16.0. The topological polar surface area (TPSA) is 89.0 Å². The lowest BCUT2D eigenvalue weighted by atomic mass is 10.1. The lowest BCUT2D eigenvalue weighted by Gasteiger charge is -2.31. The molecular weight excluding hydrogens is 412 g/mol. The molecule has 30 heavy (non-hydrogen) atoms. The van der Waals surface area contributed by atoms with E-state index in [1.807, 2.05) is 4.90 Å². The number of carbonyl (C=O) groups excluding carboxylic acids is 1. The normalized spacial score (nSPS) is 25.7. The minimum atomic E-state index is -5.08. The fourth-order valence-corrected chi connectivity index (χ4v) is 3.63. The van der Waals surface area contributed by atoms with E-state index in [9.17, 15) is 22.4 Å². The van der Waals surface area contributed by atoms with Crippen molar-refractivity contribution in [3.8, 4) is 5.88 Å². The van der Waals surface area contributed by atoms with Gasteiger partial charge in [-0.3, -0.25) is 4.79 Å². The molecule has 4 rings (SSSR count). The summed E-state index contributed by atoms with van der Waals surface area (Å²) in [6.07, 6.45) is 0.576. The van der Waals surface area contributed by atoms with Gasteiger partial charge in [0.15, 0.2) is 5.82 Å². The van der Waals surface area contributed by atoms with Crippen molar-refractivity contribution < 1.29 is 41.7 Å². The quantitative estimate of drug-likeness (QED) is 0.734. The van der Waals surface area contributed by atoms with Gasteiger partial charge in [-0.1, -0.05) is 0 Å². The lowest BCUT2D eigenvalue weighted by molar-refractivity contribution is -0.192. The number of hydrogen-bond donors (Lipinski definition) is 1. The Kier molecular flexibility index (Phi) is 6.79. The third-order valence-corrected chi connectivity index (χ3v) is 5.25. The predicted octanol–water partition coefficient (Wildman–Crippen LogP) is 2.79. The summed E-state index contributed by atoms with van der Waals surface area (Å²) in [5.41, 5.74) is 0. The number of alkyl halides is 3. The number of rotatable bonds is 4. The average Bonchev–Trinajstić information content (AvgIpc) is 3.40. The predicted molar refractivity (Wildman–Crippen MR) is 94.1 cm³/mol. The molecule has 0 spiro atoms. The molecule has 3 fully saturated rings. The highest BCUT2D eigenvalue weighted by Crippen LogP contribution is 2.36. The Morgan fingerprint density at radius 1 is 1.27 bits per heavy atom. The minimum Gasteiger partial charge on any atom is -0.475 e. The van der Waals surface area contributed by atoms with E-state index in [2.05, 4.69) is 4.98 Å². The van der Waals surface area contributed by atoms with Crippen LogP contribution in [0.4, 0.5) is 17.6 Å². The zero-order valence-corrected chi connectivity index (χ0v) is 16.0. The van der Waals surface area contributed by atoms with E-state index < -0.39 is 18.0 Å². The van der Waals surface area contributed by atoms with E-state index in [1.165, 1.54) is 18.3 Å². The molecule has 2 saturated carbocycles. The SMILES string of the molecule is O=C(CC1CC1)N1CCOC2CCC1C2Oc1ncccc1F.O=C(O)C(F)(F)F. The van der Waals surface area contributed by atoms with Crippen molar-refractivity contribution in [3.05, 3.63) is 24.1 Å². The van der Waals surface area contributed by atoms with Crippen LogP contribution < -0.4 is 4.74 Å². The monoisotopic (exact) mass is 434 g/mol. The molecule has 3 atom stereocenters. The number of carbonyl (C=O) groups is 2. The Morgan fingerprint density at radius 3 is 2.57 bits per heavy atom. The number of halogens is 4. The van der Waals surface area contributed by atoms with Gasteiger partial charge in [0.1, 0.15) is 6.10 Å². The van der Waals surface area contributed by atoms with Gasteiger partial charge in [0.05, 0.1) is 18.8 Å². The second-order valence-corrected chi connectivity index (χ2v) is 7.46. The average molecular weight is 434 g/mol. The molecule has 3 aliphatic rings. The summed E-state index contributed by atoms with van der Waals surface area (Å²) in [5.74, 6) is -2.51. The minimum absolute atomic E-state index is 0.00510. The van der Waals surface area contributed by atoms with Crippen LogP contribution in [0.25, 0.3) is 0 Å². The summed E-state index contributed by atoms with van der Waals surface area (Å²) in [4.78, 5) is 27.3. The van der Waals surface area contributed by atoms with Crippen LogP contribution >= 0.6 is 0 Å². The second-order valence-electron chi connectivity index (χ2n) is 7.46. The number of ether oxygens (including phenoxy) is 2. The molecule has 1 aromatic heterocycles. The molecule has 1 saturated heterocycles. The van der Waals surface area contributed by atoms with Gasteiger partial charge in [0.2, 0.25) is 5.91 Å². The number of hydrogen-bond acceptors (Lipinski definition) is 5. The lowest BCUT2D eigenvalue weighted by Crippen LogP contribution is -2.47. The maximum Gasteiger partial charge on any atom is 0.490 e. The number of carboxylic acid groups (broad SMARTS) is 1. The molecule has 1 amide bonds. The number of amides is 1. The van der Waals surface area contributed by atoms with Crippen molar-refractivity contribution in [2.45, 2.75) is 56.5 Å². The van der Waals surface area contributed by atoms with Gasteiger partial charge in [0.25, 0.3) is 5.88 Å². The fraction of sp³-hybridized carbons (Fsp3) is 0.632. The smallest absolute Gasteiger partial charge is 0.475 e. The number of nitrogens with zero attached hydrogens (tertiary/aromatic N) is 2. The van der Waals surface area contributed by atoms with Crippen LogP contribution in [-0.2, 0) is 14.3 Å². The summed E-state index contributed by atoms with van der Waals surface area (Å²) >= 11 is 0. The summed E-state index contributed by atoms with van der Waals surface area (Å²) in [6.45, 7) is 1.11. The highest BCUT2D eigenvalue weighted by Gasteiger charge is 2.46. The fourth-order valence-electron chi connectivity index (χ4n) is 3.63. The maximum absolute atomic E-state index is 13.8. The summed E-state index contributed by atoms with van der Waals surface area (Å²) in [6, 6.07) is 2.82. The van der Waals surface area contributed by atoms with Crippen LogP contribution in [0.5, 0.6) is 5.88 Å². The Labute approximate surface area is 170 Å². The van der Waals surface area contributed by atoms with Gasteiger partial charge >= 0.3 is 12.1 Å². The van der Waals surface area contributed by atoms with Crippen LogP contribution in [0.3, 0.4) is 0 Å². The molecule has 7 nitrogen and oxygen atoms in total. The van der Waals surface area contributed by atoms with E-state index in [1.54, 1.807) is 0 Å². The van der Waals surface area contributed by atoms with Gasteiger partial charge in [-0.25, -0.2) is 14.2 Å². The van der Waals surface area contributed by atoms with E-state index in [4.69, 9.17) is 19.4 Å². The number of carboxylic acids is 1. The molecule has 2 heterocycles. The van der Waals surface area contributed by atoms with Gasteiger partial charge in [-0.05, 0) is 43.7 Å². The molecule has 1 aliphatic heterocycles. The number of fused-ring (bicyclic) bond motifs is 2. The molecule has 166 valence electrons. The molecule has 2 aliphatic carbocycles. The Bertz CT molecular complexity index is 772. The summed E-state index contributed by atoms with van der Waals surface area (Å²) < 4.78 is 57.3. The van der Waals surface area contributed by atoms with Gasteiger partial charge in [-0.2, -0.15) is 13.2 Å². The first-order chi connectivity index (χ1) is 14.2. The summed E-state index contributed by atoms with van der Waals surface area (Å²) in [5, 5.41) is 7.12. The van der Waals surface area contributed by atoms with Gasteiger partial charge < -0.3 is 19.5 Å². The molecule has 1 aromatic rings. The Balaban J connectivity index is 0.000000318. The van der Waals surface area contributed by atoms with Crippen molar-refractivity contribution in [2.24, 2.45) is 5.92 Å². The van der Waals surface area contributed by atoms with Crippen molar-refractivity contribution in [2.75, 3.05) is 13.2 Å². The largest absolute Gasteiger partial charge is 0.490 e. The summed E-state index contributed by atoms with van der Waals surface area (Å²) in [7, 11) is 0. The first-order valence-corrected chi connectivity index (χ1v) is 9.65. The second kappa shape index (κ2) is 9.15. The number of aromatic nitrogens is 1. The molecule has 11 heteroatoms. The van der Waals surface area contributed by atoms with Crippen LogP contribution in [0.1, 0.15) is 32.1 Å². The molecule has 3 unspecified atom stereocenters. The Hall–Kier alpha value is -2.43. The van der Waals surface area contributed by atoms with Gasteiger partial charge in [-0.15, -0.1) is 0 Å². The van der Waals surface area contributed by atoms with E-state index in [0.717, 1.165) is 25.7 Å². The number of pyridine rings is 1. The van der Waals surface area contributed by atoms with Crippen LogP contribution in [0.15, 0.2) is 18.3 Å². The van der Waals surface area contributed by atoms with Crippen molar-refractivity contribution in [1.82, 2.24) is 9.88 Å².